The molecule has 1 aromatic heterocycles. The predicted octanol–water partition coefficient (Wildman–Crippen LogP) is 2.65. The molecule has 0 amide bonds. The third kappa shape index (κ3) is 3.76. The van der Waals surface area contributed by atoms with Crippen molar-refractivity contribution >= 4 is 21.6 Å². The topological polar surface area (TPSA) is 37.0 Å². The van der Waals surface area contributed by atoms with Crippen molar-refractivity contribution in [1.29, 1.82) is 0 Å². The van der Waals surface area contributed by atoms with Crippen LogP contribution in [0.5, 0.6) is 0 Å². The highest BCUT2D eigenvalue weighted by molar-refractivity contribution is 9.10. The van der Waals surface area contributed by atoms with Gasteiger partial charge in [-0.05, 0) is 60.3 Å². The number of hydrogen-bond acceptors (Lipinski definition) is 3. The molecule has 2 heterocycles. The highest BCUT2D eigenvalue weighted by atomic mass is 79.9. The van der Waals surface area contributed by atoms with E-state index in [2.05, 4.69) is 37.6 Å². The number of anilines is 1. The van der Waals surface area contributed by atoms with Crippen molar-refractivity contribution in [3.05, 3.63) is 22.9 Å². The summed E-state index contributed by atoms with van der Waals surface area (Å²) in [7, 11) is 0. The van der Waals surface area contributed by atoms with Gasteiger partial charge in [-0.25, -0.2) is 0 Å². The van der Waals surface area contributed by atoms with Gasteiger partial charge in [0.1, 0.15) is 0 Å². The zero-order valence-electron chi connectivity index (χ0n) is 9.38. The molecule has 88 valence electrons. The molecule has 0 radical (unpaired) electrons. The number of aromatic nitrogens is 1. The van der Waals surface area contributed by atoms with Crippen LogP contribution in [0.15, 0.2) is 22.9 Å². The van der Waals surface area contributed by atoms with Gasteiger partial charge >= 0.3 is 0 Å². The van der Waals surface area contributed by atoms with Gasteiger partial charge in [0.05, 0.1) is 11.9 Å². The first-order valence-electron chi connectivity index (χ1n) is 5.90. The fourth-order valence-corrected chi connectivity index (χ4v) is 2.46. The van der Waals surface area contributed by atoms with Crippen LogP contribution in [0.25, 0.3) is 0 Å². The number of hydrogen-bond donors (Lipinski definition) is 2. The van der Waals surface area contributed by atoms with Crippen molar-refractivity contribution < 1.29 is 0 Å². The Bertz CT molecular complexity index is 324. The van der Waals surface area contributed by atoms with E-state index in [1.54, 1.807) is 6.20 Å². The Morgan fingerprint density at radius 2 is 2.44 bits per heavy atom. The quantitative estimate of drug-likeness (QED) is 0.892. The monoisotopic (exact) mass is 283 g/mol. The smallest absolute Gasteiger partial charge is 0.0538 e. The molecule has 16 heavy (non-hydrogen) atoms. The van der Waals surface area contributed by atoms with E-state index >= 15 is 0 Å². The molecule has 1 aliphatic rings. The van der Waals surface area contributed by atoms with Gasteiger partial charge in [0.15, 0.2) is 0 Å². The van der Waals surface area contributed by atoms with E-state index in [1.807, 2.05) is 6.20 Å². The normalized spacial score (nSPS) is 20.7. The number of rotatable bonds is 4. The molecular weight excluding hydrogens is 266 g/mol. The Morgan fingerprint density at radius 3 is 3.19 bits per heavy atom. The summed E-state index contributed by atoms with van der Waals surface area (Å²) >= 11 is 3.42. The molecular formula is C12H18BrN3. The number of pyridine rings is 1. The highest BCUT2D eigenvalue weighted by Crippen LogP contribution is 2.16. The molecule has 1 saturated heterocycles. The van der Waals surface area contributed by atoms with Crippen LogP contribution in [0.2, 0.25) is 0 Å². The van der Waals surface area contributed by atoms with E-state index in [1.165, 1.54) is 32.4 Å². The second kappa shape index (κ2) is 6.21. The van der Waals surface area contributed by atoms with Crippen LogP contribution in [0.4, 0.5) is 5.69 Å². The van der Waals surface area contributed by atoms with E-state index in [-0.39, 0.29) is 0 Å². The summed E-state index contributed by atoms with van der Waals surface area (Å²) in [5.74, 6) is 0.835. The standard InChI is InChI=1S/C12H18BrN3/c13-11-6-12(9-15-8-11)16-5-3-10-2-1-4-14-7-10/h6,8-10,14,16H,1-5,7H2. The van der Waals surface area contributed by atoms with Crippen LogP contribution in [0.1, 0.15) is 19.3 Å². The molecule has 1 aromatic rings. The van der Waals surface area contributed by atoms with Crippen LogP contribution >= 0.6 is 15.9 Å². The van der Waals surface area contributed by atoms with Crippen molar-refractivity contribution in [3.8, 4) is 0 Å². The lowest BCUT2D eigenvalue weighted by atomic mass is 9.96. The summed E-state index contributed by atoms with van der Waals surface area (Å²) in [6, 6.07) is 2.06. The van der Waals surface area contributed by atoms with Crippen LogP contribution in [-0.4, -0.2) is 24.6 Å². The summed E-state index contributed by atoms with van der Waals surface area (Å²) in [6.45, 7) is 3.41. The average Bonchev–Trinajstić information content (AvgIpc) is 2.30. The van der Waals surface area contributed by atoms with Crippen LogP contribution in [-0.2, 0) is 0 Å². The molecule has 2 rings (SSSR count). The Balaban J connectivity index is 1.71. The largest absolute Gasteiger partial charge is 0.384 e. The molecule has 1 atom stereocenters. The molecule has 0 saturated carbocycles. The van der Waals surface area contributed by atoms with Gasteiger partial charge in [-0.15, -0.1) is 0 Å². The van der Waals surface area contributed by atoms with Gasteiger partial charge in [0, 0.05) is 17.2 Å². The minimum absolute atomic E-state index is 0.835. The highest BCUT2D eigenvalue weighted by Gasteiger charge is 2.11. The lowest BCUT2D eigenvalue weighted by Crippen LogP contribution is -2.30. The summed E-state index contributed by atoms with van der Waals surface area (Å²) in [5, 5.41) is 6.86. The maximum Gasteiger partial charge on any atom is 0.0538 e. The predicted molar refractivity (Wildman–Crippen MR) is 70.6 cm³/mol. The van der Waals surface area contributed by atoms with Crippen molar-refractivity contribution in [2.75, 3.05) is 25.0 Å². The second-order valence-electron chi connectivity index (χ2n) is 4.32. The first-order chi connectivity index (χ1) is 7.84. The van der Waals surface area contributed by atoms with Crippen LogP contribution < -0.4 is 10.6 Å². The maximum absolute atomic E-state index is 4.13. The molecule has 4 heteroatoms. The first-order valence-corrected chi connectivity index (χ1v) is 6.69. The fourth-order valence-electron chi connectivity index (χ4n) is 2.10. The maximum atomic E-state index is 4.13. The lowest BCUT2D eigenvalue weighted by Gasteiger charge is -2.22. The van der Waals surface area contributed by atoms with Crippen LogP contribution in [0, 0.1) is 5.92 Å². The molecule has 1 unspecified atom stereocenters. The number of nitrogens with one attached hydrogen (secondary N) is 2. The molecule has 1 fully saturated rings. The fraction of sp³-hybridized carbons (Fsp3) is 0.583. The Hall–Kier alpha value is -0.610. The summed E-state index contributed by atoms with van der Waals surface area (Å²) in [4.78, 5) is 4.13. The Labute approximate surface area is 105 Å². The van der Waals surface area contributed by atoms with E-state index in [9.17, 15) is 0 Å². The molecule has 0 aliphatic carbocycles. The molecule has 0 bridgehead atoms. The Morgan fingerprint density at radius 1 is 1.50 bits per heavy atom. The van der Waals surface area contributed by atoms with Crippen molar-refractivity contribution in [3.63, 3.8) is 0 Å². The van der Waals surface area contributed by atoms with Crippen molar-refractivity contribution in [1.82, 2.24) is 10.3 Å². The van der Waals surface area contributed by atoms with Crippen molar-refractivity contribution in [2.24, 2.45) is 5.92 Å². The number of nitrogens with zero attached hydrogens (tertiary/aromatic N) is 1. The minimum atomic E-state index is 0.835. The molecule has 0 spiro atoms. The van der Waals surface area contributed by atoms with E-state index in [0.717, 1.165) is 22.6 Å². The lowest BCUT2D eigenvalue weighted by molar-refractivity contribution is 0.364. The molecule has 0 aromatic carbocycles. The number of halogens is 1. The van der Waals surface area contributed by atoms with Gasteiger partial charge in [0.2, 0.25) is 0 Å². The molecule has 1 aliphatic heterocycles. The summed E-state index contributed by atoms with van der Waals surface area (Å²) in [6.07, 6.45) is 7.59. The third-order valence-corrected chi connectivity index (χ3v) is 3.42. The average molecular weight is 284 g/mol. The number of piperidine rings is 1. The first kappa shape index (κ1) is 11.9. The van der Waals surface area contributed by atoms with Gasteiger partial charge in [-0.2, -0.15) is 0 Å². The van der Waals surface area contributed by atoms with Crippen molar-refractivity contribution in [2.45, 2.75) is 19.3 Å². The Kier molecular flexibility index (Phi) is 4.60. The summed E-state index contributed by atoms with van der Waals surface area (Å²) < 4.78 is 1.02. The van der Waals surface area contributed by atoms with Gasteiger partial charge in [0.25, 0.3) is 0 Å². The summed E-state index contributed by atoms with van der Waals surface area (Å²) in [5.41, 5.74) is 1.10. The zero-order chi connectivity index (χ0) is 11.2. The van der Waals surface area contributed by atoms with Gasteiger partial charge in [-0.1, -0.05) is 0 Å². The van der Waals surface area contributed by atoms with E-state index in [4.69, 9.17) is 0 Å². The van der Waals surface area contributed by atoms with Crippen LogP contribution in [0.3, 0.4) is 0 Å². The molecule has 3 nitrogen and oxygen atoms in total. The third-order valence-electron chi connectivity index (χ3n) is 2.99. The second-order valence-corrected chi connectivity index (χ2v) is 5.24. The van der Waals surface area contributed by atoms with Gasteiger partial charge in [-0.3, -0.25) is 4.98 Å². The SMILES string of the molecule is Brc1cncc(NCCC2CCCNC2)c1. The minimum Gasteiger partial charge on any atom is -0.384 e. The van der Waals surface area contributed by atoms with Gasteiger partial charge < -0.3 is 10.6 Å². The van der Waals surface area contributed by atoms with E-state index < -0.39 is 0 Å². The van der Waals surface area contributed by atoms with E-state index in [0.29, 0.717) is 0 Å². The zero-order valence-corrected chi connectivity index (χ0v) is 11.0. The molecule has 2 N–H and O–H groups in total.